The van der Waals surface area contributed by atoms with E-state index in [1.54, 1.807) is 0 Å². The molecule has 3 fully saturated rings. The maximum Gasteiger partial charge on any atom is 0.0207 e. The Labute approximate surface area is 106 Å². The smallest absolute Gasteiger partial charge is 0.0207 e. The van der Waals surface area contributed by atoms with Gasteiger partial charge in [-0.15, -0.1) is 0 Å². The highest BCUT2D eigenvalue weighted by molar-refractivity contribution is 4.92. The lowest BCUT2D eigenvalue weighted by molar-refractivity contribution is 0.243. The van der Waals surface area contributed by atoms with Gasteiger partial charge in [-0.2, -0.15) is 0 Å². The van der Waals surface area contributed by atoms with Crippen LogP contribution in [0.25, 0.3) is 0 Å². The van der Waals surface area contributed by atoms with Gasteiger partial charge < -0.3 is 5.32 Å². The summed E-state index contributed by atoms with van der Waals surface area (Å²) in [4.78, 5) is 5.33. The molecule has 0 bridgehead atoms. The highest BCUT2D eigenvalue weighted by Crippen LogP contribution is 2.29. The second-order valence-electron chi connectivity index (χ2n) is 6.21. The molecule has 3 rings (SSSR count). The lowest BCUT2D eigenvalue weighted by Gasteiger charge is -2.25. The summed E-state index contributed by atoms with van der Waals surface area (Å²) in [6, 6.07) is 2.45. The van der Waals surface area contributed by atoms with Gasteiger partial charge in [0.1, 0.15) is 0 Å². The topological polar surface area (TPSA) is 18.5 Å². The molecule has 2 saturated heterocycles. The SMILES string of the molecule is CC(CNC1CCN(C2CC2)C1)N1CCCC1. The van der Waals surface area contributed by atoms with Crippen LogP contribution in [0.1, 0.15) is 39.0 Å². The number of rotatable bonds is 5. The molecule has 0 spiro atoms. The Bertz CT molecular complexity index is 246. The predicted octanol–water partition coefficient (Wildman–Crippen LogP) is 1.30. The molecule has 0 aromatic heterocycles. The Morgan fingerprint density at radius 3 is 2.59 bits per heavy atom. The second kappa shape index (κ2) is 5.25. The normalized spacial score (nSPS) is 33.4. The zero-order valence-electron chi connectivity index (χ0n) is 11.2. The zero-order chi connectivity index (χ0) is 11.7. The summed E-state index contributed by atoms with van der Waals surface area (Å²) >= 11 is 0. The molecule has 3 heteroatoms. The van der Waals surface area contributed by atoms with E-state index < -0.39 is 0 Å². The van der Waals surface area contributed by atoms with Gasteiger partial charge in [0.05, 0.1) is 0 Å². The molecule has 0 aromatic rings. The first-order valence-corrected chi connectivity index (χ1v) is 7.54. The van der Waals surface area contributed by atoms with E-state index in [-0.39, 0.29) is 0 Å². The Kier molecular flexibility index (Phi) is 3.69. The molecule has 2 atom stereocenters. The Morgan fingerprint density at radius 2 is 1.88 bits per heavy atom. The fourth-order valence-corrected chi connectivity index (χ4v) is 3.37. The fourth-order valence-electron chi connectivity index (χ4n) is 3.37. The van der Waals surface area contributed by atoms with Crippen molar-refractivity contribution in [3.63, 3.8) is 0 Å². The summed E-state index contributed by atoms with van der Waals surface area (Å²) < 4.78 is 0. The zero-order valence-corrected chi connectivity index (χ0v) is 11.2. The van der Waals surface area contributed by atoms with Crippen molar-refractivity contribution in [2.45, 2.75) is 57.2 Å². The minimum atomic E-state index is 0.729. The molecule has 2 heterocycles. The van der Waals surface area contributed by atoms with E-state index in [0.29, 0.717) is 0 Å². The molecule has 1 N–H and O–H groups in total. The fraction of sp³-hybridized carbons (Fsp3) is 1.00. The van der Waals surface area contributed by atoms with Gasteiger partial charge in [-0.25, -0.2) is 0 Å². The van der Waals surface area contributed by atoms with E-state index >= 15 is 0 Å². The lowest BCUT2D eigenvalue weighted by atomic mass is 10.2. The first-order chi connectivity index (χ1) is 8.33. The number of likely N-dealkylation sites (tertiary alicyclic amines) is 2. The van der Waals surface area contributed by atoms with Crippen LogP contribution in [0.5, 0.6) is 0 Å². The standard InChI is InChI=1S/C14H27N3/c1-12(16-7-2-3-8-16)10-15-13-6-9-17(11-13)14-4-5-14/h12-15H,2-11H2,1H3. The Hall–Kier alpha value is -0.120. The number of nitrogens with zero attached hydrogens (tertiary/aromatic N) is 2. The van der Waals surface area contributed by atoms with Crippen LogP contribution >= 0.6 is 0 Å². The number of nitrogens with one attached hydrogen (secondary N) is 1. The molecule has 3 nitrogen and oxygen atoms in total. The molecule has 0 radical (unpaired) electrons. The lowest BCUT2D eigenvalue weighted by Crippen LogP contribution is -2.43. The first-order valence-electron chi connectivity index (χ1n) is 7.54. The van der Waals surface area contributed by atoms with Gasteiger partial charge in [-0.05, 0) is 52.1 Å². The summed E-state index contributed by atoms with van der Waals surface area (Å²) in [5.74, 6) is 0. The maximum absolute atomic E-state index is 3.79. The van der Waals surface area contributed by atoms with Gasteiger partial charge in [-0.3, -0.25) is 9.80 Å². The van der Waals surface area contributed by atoms with Gasteiger partial charge in [0, 0.05) is 37.8 Å². The summed E-state index contributed by atoms with van der Waals surface area (Å²) in [7, 11) is 0. The summed E-state index contributed by atoms with van der Waals surface area (Å²) in [6.07, 6.45) is 7.09. The van der Waals surface area contributed by atoms with E-state index in [1.165, 1.54) is 64.8 Å². The predicted molar refractivity (Wildman–Crippen MR) is 71.3 cm³/mol. The minimum absolute atomic E-state index is 0.729. The van der Waals surface area contributed by atoms with Crippen molar-refractivity contribution >= 4 is 0 Å². The average Bonchev–Trinajstić information content (AvgIpc) is 2.88. The van der Waals surface area contributed by atoms with Crippen molar-refractivity contribution in [2.75, 3.05) is 32.7 Å². The third-order valence-electron chi connectivity index (χ3n) is 4.75. The Morgan fingerprint density at radius 1 is 1.12 bits per heavy atom. The molecule has 2 aliphatic heterocycles. The summed E-state index contributed by atoms with van der Waals surface area (Å²) in [6.45, 7) is 8.84. The van der Waals surface area contributed by atoms with Crippen LogP contribution in [0.3, 0.4) is 0 Å². The van der Waals surface area contributed by atoms with Crippen molar-refractivity contribution < 1.29 is 0 Å². The summed E-state index contributed by atoms with van der Waals surface area (Å²) in [5.41, 5.74) is 0. The Balaban J connectivity index is 1.36. The summed E-state index contributed by atoms with van der Waals surface area (Å²) in [5, 5.41) is 3.79. The van der Waals surface area contributed by atoms with Crippen LogP contribution in [0, 0.1) is 0 Å². The molecule has 0 amide bonds. The third kappa shape index (κ3) is 3.01. The minimum Gasteiger partial charge on any atom is -0.311 e. The van der Waals surface area contributed by atoms with Gasteiger partial charge in [-0.1, -0.05) is 0 Å². The van der Waals surface area contributed by atoms with Crippen molar-refractivity contribution in [1.82, 2.24) is 15.1 Å². The molecule has 1 saturated carbocycles. The first kappa shape index (κ1) is 11.9. The van der Waals surface area contributed by atoms with E-state index in [2.05, 4.69) is 22.0 Å². The highest BCUT2D eigenvalue weighted by atomic mass is 15.2. The van der Waals surface area contributed by atoms with Gasteiger partial charge in [0.25, 0.3) is 0 Å². The molecular formula is C14H27N3. The van der Waals surface area contributed by atoms with Gasteiger partial charge in [0.15, 0.2) is 0 Å². The molecule has 1 aliphatic carbocycles. The van der Waals surface area contributed by atoms with Crippen LogP contribution in [0.2, 0.25) is 0 Å². The number of hydrogen-bond donors (Lipinski definition) is 1. The van der Waals surface area contributed by atoms with Crippen LogP contribution in [0.15, 0.2) is 0 Å². The molecule has 2 unspecified atom stereocenters. The quantitative estimate of drug-likeness (QED) is 0.777. The van der Waals surface area contributed by atoms with E-state index in [4.69, 9.17) is 0 Å². The monoisotopic (exact) mass is 237 g/mol. The molecular weight excluding hydrogens is 210 g/mol. The third-order valence-corrected chi connectivity index (χ3v) is 4.75. The average molecular weight is 237 g/mol. The van der Waals surface area contributed by atoms with Crippen molar-refractivity contribution in [3.8, 4) is 0 Å². The highest BCUT2D eigenvalue weighted by Gasteiger charge is 2.34. The second-order valence-corrected chi connectivity index (χ2v) is 6.21. The van der Waals surface area contributed by atoms with Crippen LogP contribution < -0.4 is 5.32 Å². The largest absolute Gasteiger partial charge is 0.311 e. The van der Waals surface area contributed by atoms with Crippen LogP contribution in [-0.4, -0.2) is 60.6 Å². The molecule has 98 valence electrons. The van der Waals surface area contributed by atoms with E-state index in [1.807, 2.05) is 0 Å². The van der Waals surface area contributed by atoms with Gasteiger partial charge in [0.2, 0.25) is 0 Å². The molecule has 17 heavy (non-hydrogen) atoms. The van der Waals surface area contributed by atoms with Crippen LogP contribution in [0.4, 0.5) is 0 Å². The van der Waals surface area contributed by atoms with Crippen molar-refractivity contribution in [1.29, 1.82) is 0 Å². The number of hydrogen-bond acceptors (Lipinski definition) is 3. The van der Waals surface area contributed by atoms with Gasteiger partial charge >= 0.3 is 0 Å². The van der Waals surface area contributed by atoms with E-state index in [0.717, 1.165) is 18.1 Å². The maximum atomic E-state index is 3.79. The molecule has 0 aromatic carbocycles. The van der Waals surface area contributed by atoms with Crippen molar-refractivity contribution in [3.05, 3.63) is 0 Å². The molecule has 3 aliphatic rings. The van der Waals surface area contributed by atoms with Crippen molar-refractivity contribution in [2.24, 2.45) is 0 Å². The van der Waals surface area contributed by atoms with E-state index in [9.17, 15) is 0 Å². The van der Waals surface area contributed by atoms with Crippen LogP contribution in [-0.2, 0) is 0 Å².